The number of para-hydroxylation sites is 1. The molecule has 0 aliphatic heterocycles. The molecule has 0 heterocycles. The van der Waals surface area contributed by atoms with Gasteiger partial charge in [-0.05, 0) is 42.3 Å². The van der Waals surface area contributed by atoms with Gasteiger partial charge in [0.05, 0.1) is 14.2 Å². The first kappa shape index (κ1) is 21.7. The number of ether oxygens (including phenoxy) is 3. The van der Waals surface area contributed by atoms with Crippen LogP contribution in [0.5, 0.6) is 17.2 Å². The van der Waals surface area contributed by atoms with E-state index in [9.17, 15) is 0 Å². The van der Waals surface area contributed by atoms with Crippen LogP contribution in [-0.4, -0.2) is 32.2 Å². The summed E-state index contributed by atoms with van der Waals surface area (Å²) in [5.41, 5.74) is 3.59. The summed E-state index contributed by atoms with van der Waals surface area (Å²) in [5, 5.41) is 0. The quantitative estimate of drug-likeness (QED) is 0.430. The number of likely N-dealkylation sites (N-methyl/N-ethyl adjacent to an activating group) is 1. The predicted octanol–water partition coefficient (Wildman–Crippen LogP) is 5.35. The first-order chi connectivity index (χ1) is 14.7. The highest BCUT2D eigenvalue weighted by Crippen LogP contribution is 2.32. The molecule has 4 nitrogen and oxygen atoms in total. The summed E-state index contributed by atoms with van der Waals surface area (Å²) in [6.07, 6.45) is 0.988. The molecule has 4 heteroatoms. The molecule has 0 saturated heterocycles. The van der Waals surface area contributed by atoms with Crippen molar-refractivity contribution in [1.29, 1.82) is 0 Å². The van der Waals surface area contributed by atoms with Crippen molar-refractivity contribution in [3.05, 3.63) is 89.5 Å². The molecule has 0 radical (unpaired) electrons. The van der Waals surface area contributed by atoms with Gasteiger partial charge in [0.2, 0.25) is 0 Å². The topological polar surface area (TPSA) is 30.9 Å². The zero-order valence-electron chi connectivity index (χ0n) is 18.1. The number of hydrogen-bond acceptors (Lipinski definition) is 4. The van der Waals surface area contributed by atoms with Crippen LogP contribution < -0.4 is 14.2 Å². The van der Waals surface area contributed by atoms with Gasteiger partial charge in [-0.25, -0.2) is 0 Å². The Morgan fingerprint density at radius 1 is 0.767 bits per heavy atom. The van der Waals surface area contributed by atoms with Crippen molar-refractivity contribution in [2.45, 2.75) is 26.5 Å². The fraction of sp³-hybridized carbons (Fsp3) is 0.308. The second-order valence-corrected chi connectivity index (χ2v) is 7.19. The Kier molecular flexibility index (Phi) is 8.16. The number of nitrogens with zero attached hydrogens (tertiary/aromatic N) is 1. The standard InChI is InChI=1S/C26H31NO3/c1-4-27(18-17-21-13-15-24(28-2)16-14-21)19-23-11-8-12-25(29-3)26(23)30-20-22-9-6-5-7-10-22/h5-16H,4,17-20H2,1-3H3. The van der Waals surface area contributed by atoms with Crippen LogP contribution in [0.15, 0.2) is 72.8 Å². The summed E-state index contributed by atoms with van der Waals surface area (Å²) >= 11 is 0. The normalized spacial score (nSPS) is 10.8. The summed E-state index contributed by atoms with van der Waals surface area (Å²) in [6, 6.07) is 24.6. The minimum atomic E-state index is 0.520. The Morgan fingerprint density at radius 3 is 2.20 bits per heavy atom. The number of rotatable bonds is 11. The number of hydrogen-bond donors (Lipinski definition) is 0. The van der Waals surface area contributed by atoms with Crippen LogP contribution >= 0.6 is 0 Å². The van der Waals surface area contributed by atoms with Crippen LogP contribution in [0, 0.1) is 0 Å². The highest BCUT2D eigenvalue weighted by molar-refractivity contribution is 5.46. The van der Waals surface area contributed by atoms with E-state index in [0.717, 1.165) is 54.4 Å². The van der Waals surface area contributed by atoms with Crippen molar-refractivity contribution in [2.75, 3.05) is 27.3 Å². The largest absolute Gasteiger partial charge is 0.497 e. The van der Waals surface area contributed by atoms with Gasteiger partial charge in [0, 0.05) is 18.7 Å². The van der Waals surface area contributed by atoms with Gasteiger partial charge in [-0.1, -0.05) is 61.5 Å². The van der Waals surface area contributed by atoms with E-state index in [4.69, 9.17) is 14.2 Å². The molecule has 0 aliphatic rings. The zero-order valence-corrected chi connectivity index (χ0v) is 18.1. The first-order valence-electron chi connectivity index (χ1n) is 10.4. The highest BCUT2D eigenvalue weighted by Gasteiger charge is 2.14. The lowest BCUT2D eigenvalue weighted by atomic mass is 10.1. The average molecular weight is 406 g/mol. The SMILES string of the molecule is CCN(CCc1ccc(OC)cc1)Cc1cccc(OC)c1OCc1ccccc1. The molecule has 0 aliphatic carbocycles. The van der Waals surface area contributed by atoms with Crippen molar-refractivity contribution in [3.63, 3.8) is 0 Å². The van der Waals surface area contributed by atoms with E-state index in [1.807, 2.05) is 42.5 Å². The molecular weight excluding hydrogens is 374 g/mol. The van der Waals surface area contributed by atoms with Gasteiger partial charge < -0.3 is 14.2 Å². The van der Waals surface area contributed by atoms with Crippen LogP contribution in [0.25, 0.3) is 0 Å². The van der Waals surface area contributed by atoms with Gasteiger partial charge in [-0.2, -0.15) is 0 Å². The summed E-state index contributed by atoms with van der Waals surface area (Å²) in [7, 11) is 3.38. The molecule has 158 valence electrons. The third-order valence-electron chi connectivity index (χ3n) is 5.22. The summed E-state index contributed by atoms with van der Waals surface area (Å²) in [6.45, 7) is 5.46. The van der Waals surface area contributed by atoms with Gasteiger partial charge in [0.15, 0.2) is 11.5 Å². The zero-order chi connectivity index (χ0) is 21.2. The van der Waals surface area contributed by atoms with E-state index in [0.29, 0.717) is 6.61 Å². The molecule has 3 aromatic rings. The lowest BCUT2D eigenvalue weighted by molar-refractivity contribution is 0.256. The van der Waals surface area contributed by atoms with Crippen molar-refractivity contribution < 1.29 is 14.2 Å². The Labute approximate surface area is 180 Å². The molecule has 0 fully saturated rings. The first-order valence-corrected chi connectivity index (χ1v) is 10.4. The fourth-order valence-corrected chi connectivity index (χ4v) is 3.41. The molecule has 0 N–H and O–H groups in total. The summed E-state index contributed by atoms with van der Waals surface area (Å²) in [5.74, 6) is 2.49. The molecule has 0 bridgehead atoms. The van der Waals surface area contributed by atoms with Crippen molar-refractivity contribution in [3.8, 4) is 17.2 Å². The molecule has 30 heavy (non-hydrogen) atoms. The summed E-state index contributed by atoms with van der Waals surface area (Å²) in [4.78, 5) is 2.42. The van der Waals surface area contributed by atoms with Crippen LogP contribution in [0.2, 0.25) is 0 Å². The second kappa shape index (κ2) is 11.3. The van der Waals surface area contributed by atoms with E-state index in [1.165, 1.54) is 5.56 Å². The average Bonchev–Trinajstić information content (AvgIpc) is 2.81. The minimum absolute atomic E-state index is 0.520. The van der Waals surface area contributed by atoms with Crippen molar-refractivity contribution >= 4 is 0 Å². The Morgan fingerprint density at radius 2 is 1.53 bits per heavy atom. The van der Waals surface area contributed by atoms with Crippen LogP contribution in [-0.2, 0) is 19.6 Å². The lowest BCUT2D eigenvalue weighted by Crippen LogP contribution is -2.25. The number of methoxy groups -OCH3 is 2. The van der Waals surface area contributed by atoms with E-state index < -0.39 is 0 Å². The Balaban J connectivity index is 1.68. The predicted molar refractivity (Wildman–Crippen MR) is 121 cm³/mol. The van der Waals surface area contributed by atoms with E-state index in [1.54, 1.807) is 14.2 Å². The molecule has 0 spiro atoms. The van der Waals surface area contributed by atoms with E-state index in [2.05, 4.69) is 42.2 Å². The third kappa shape index (κ3) is 6.01. The maximum Gasteiger partial charge on any atom is 0.166 e. The monoisotopic (exact) mass is 405 g/mol. The van der Waals surface area contributed by atoms with Gasteiger partial charge in [-0.3, -0.25) is 4.90 Å². The molecule has 0 atom stereocenters. The second-order valence-electron chi connectivity index (χ2n) is 7.19. The van der Waals surface area contributed by atoms with E-state index >= 15 is 0 Å². The van der Waals surface area contributed by atoms with Gasteiger partial charge in [0.1, 0.15) is 12.4 Å². The molecule has 0 saturated carbocycles. The lowest BCUT2D eigenvalue weighted by Gasteiger charge is -2.23. The third-order valence-corrected chi connectivity index (χ3v) is 5.22. The minimum Gasteiger partial charge on any atom is -0.497 e. The van der Waals surface area contributed by atoms with Crippen LogP contribution in [0.3, 0.4) is 0 Å². The molecule has 0 unspecified atom stereocenters. The number of benzene rings is 3. The van der Waals surface area contributed by atoms with E-state index in [-0.39, 0.29) is 0 Å². The summed E-state index contributed by atoms with van der Waals surface area (Å²) < 4.78 is 17.0. The highest BCUT2D eigenvalue weighted by atomic mass is 16.5. The maximum atomic E-state index is 6.21. The Hall–Kier alpha value is -2.98. The van der Waals surface area contributed by atoms with Crippen LogP contribution in [0.1, 0.15) is 23.6 Å². The van der Waals surface area contributed by atoms with Crippen LogP contribution in [0.4, 0.5) is 0 Å². The fourth-order valence-electron chi connectivity index (χ4n) is 3.41. The smallest absolute Gasteiger partial charge is 0.166 e. The Bertz CT molecular complexity index is 894. The molecule has 3 aromatic carbocycles. The van der Waals surface area contributed by atoms with Crippen molar-refractivity contribution in [1.82, 2.24) is 4.90 Å². The molecular formula is C26H31NO3. The molecule has 0 amide bonds. The molecule has 0 aromatic heterocycles. The van der Waals surface area contributed by atoms with Gasteiger partial charge in [0.25, 0.3) is 0 Å². The van der Waals surface area contributed by atoms with Gasteiger partial charge in [-0.15, -0.1) is 0 Å². The maximum absolute atomic E-state index is 6.21. The molecule has 3 rings (SSSR count). The van der Waals surface area contributed by atoms with Gasteiger partial charge >= 0.3 is 0 Å². The van der Waals surface area contributed by atoms with Crippen molar-refractivity contribution in [2.24, 2.45) is 0 Å².